The highest BCUT2D eigenvalue weighted by Crippen LogP contribution is 2.24. The van der Waals surface area contributed by atoms with Gasteiger partial charge in [0.05, 0.1) is 5.56 Å². The highest BCUT2D eigenvalue weighted by molar-refractivity contribution is 6.00. The van der Waals surface area contributed by atoms with Crippen LogP contribution in [0.25, 0.3) is 5.82 Å². The molecule has 0 bridgehead atoms. The third kappa shape index (κ3) is 2.05. The number of amidine groups is 1. The van der Waals surface area contributed by atoms with Crippen LogP contribution in [-0.2, 0) is 12.8 Å². The molecule has 0 spiro atoms. The van der Waals surface area contributed by atoms with Crippen LogP contribution in [0.1, 0.15) is 29.7 Å². The van der Waals surface area contributed by atoms with Gasteiger partial charge in [-0.15, -0.1) is 0 Å². The minimum Gasteiger partial charge on any atom is -0.409 e. The second kappa shape index (κ2) is 4.72. The molecule has 98 valence electrons. The maximum Gasteiger partial charge on any atom is 0.173 e. The van der Waals surface area contributed by atoms with Gasteiger partial charge in [-0.1, -0.05) is 5.16 Å². The number of hydrogen-bond donors (Lipinski definition) is 2. The van der Waals surface area contributed by atoms with E-state index in [0.29, 0.717) is 11.4 Å². The molecule has 3 rings (SSSR count). The Kier molecular flexibility index (Phi) is 2.91. The van der Waals surface area contributed by atoms with Crippen LogP contribution in [0.4, 0.5) is 0 Å². The lowest BCUT2D eigenvalue weighted by Crippen LogP contribution is -2.20. The van der Waals surface area contributed by atoms with Gasteiger partial charge in [0.15, 0.2) is 5.84 Å². The first-order valence-electron chi connectivity index (χ1n) is 6.28. The summed E-state index contributed by atoms with van der Waals surface area (Å²) < 4.78 is 1.78. The standard InChI is InChI=1S/C13H15N5O/c14-12(17-19)10-7-9-3-1-2-4-11(9)16-13(10)18-6-5-15-8-18/h5-8,19H,1-4H2,(H2,14,17). The quantitative estimate of drug-likeness (QED) is 0.366. The second-order valence-corrected chi connectivity index (χ2v) is 4.63. The molecule has 6 nitrogen and oxygen atoms in total. The van der Waals surface area contributed by atoms with E-state index < -0.39 is 0 Å². The van der Waals surface area contributed by atoms with Crippen molar-refractivity contribution in [1.29, 1.82) is 0 Å². The molecule has 0 unspecified atom stereocenters. The molecule has 0 aliphatic heterocycles. The van der Waals surface area contributed by atoms with Gasteiger partial charge in [-0.25, -0.2) is 9.97 Å². The van der Waals surface area contributed by atoms with Gasteiger partial charge < -0.3 is 10.9 Å². The van der Waals surface area contributed by atoms with Crippen molar-refractivity contribution in [2.45, 2.75) is 25.7 Å². The fourth-order valence-corrected chi connectivity index (χ4v) is 2.45. The maximum absolute atomic E-state index is 8.92. The topological polar surface area (TPSA) is 89.3 Å². The molecule has 0 amide bonds. The predicted octanol–water partition coefficient (Wildman–Crippen LogP) is 1.24. The molecular formula is C13H15N5O. The lowest BCUT2D eigenvalue weighted by Gasteiger charge is -2.18. The molecular weight excluding hydrogens is 242 g/mol. The molecule has 19 heavy (non-hydrogen) atoms. The number of oxime groups is 1. The van der Waals surface area contributed by atoms with Crippen molar-refractivity contribution >= 4 is 5.84 Å². The predicted molar refractivity (Wildman–Crippen MR) is 70.5 cm³/mol. The van der Waals surface area contributed by atoms with Crippen LogP contribution < -0.4 is 5.73 Å². The zero-order valence-electron chi connectivity index (χ0n) is 10.5. The zero-order chi connectivity index (χ0) is 13.2. The van der Waals surface area contributed by atoms with E-state index in [1.807, 2.05) is 6.07 Å². The molecule has 1 aliphatic rings. The Labute approximate surface area is 110 Å². The van der Waals surface area contributed by atoms with Crippen molar-refractivity contribution < 1.29 is 5.21 Å². The van der Waals surface area contributed by atoms with E-state index >= 15 is 0 Å². The molecule has 0 saturated heterocycles. The summed E-state index contributed by atoms with van der Waals surface area (Å²) in [5.41, 5.74) is 8.69. The highest BCUT2D eigenvalue weighted by Gasteiger charge is 2.18. The first-order chi connectivity index (χ1) is 9.29. The molecule has 0 radical (unpaired) electrons. The van der Waals surface area contributed by atoms with E-state index in [-0.39, 0.29) is 5.84 Å². The minimum atomic E-state index is 0.0737. The second-order valence-electron chi connectivity index (χ2n) is 4.63. The SMILES string of the molecule is NC(=NO)c1cc2c(nc1-n1ccnc1)CCCC2. The van der Waals surface area contributed by atoms with Gasteiger partial charge in [0.25, 0.3) is 0 Å². The average Bonchev–Trinajstić information content (AvgIpc) is 2.99. The van der Waals surface area contributed by atoms with Crippen LogP contribution >= 0.6 is 0 Å². The zero-order valence-corrected chi connectivity index (χ0v) is 10.5. The van der Waals surface area contributed by atoms with E-state index in [1.54, 1.807) is 23.3 Å². The van der Waals surface area contributed by atoms with E-state index in [9.17, 15) is 0 Å². The van der Waals surface area contributed by atoms with Crippen LogP contribution in [0.3, 0.4) is 0 Å². The fourth-order valence-electron chi connectivity index (χ4n) is 2.45. The van der Waals surface area contributed by atoms with Gasteiger partial charge in [0.1, 0.15) is 12.1 Å². The van der Waals surface area contributed by atoms with Crippen LogP contribution in [0, 0.1) is 0 Å². The Morgan fingerprint density at radius 1 is 1.37 bits per heavy atom. The van der Waals surface area contributed by atoms with Crippen molar-refractivity contribution in [3.8, 4) is 5.82 Å². The molecule has 0 atom stereocenters. The number of fused-ring (bicyclic) bond motifs is 1. The first kappa shape index (κ1) is 11.7. The van der Waals surface area contributed by atoms with Gasteiger partial charge in [-0.2, -0.15) is 0 Å². The van der Waals surface area contributed by atoms with Crippen LogP contribution in [-0.4, -0.2) is 25.6 Å². The normalized spacial score (nSPS) is 15.3. The van der Waals surface area contributed by atoms with E-state index in [2.05, 4.69) is 15.1 Å². The summed E-state index contributed by atoms with van der Waals surface area (Å²) in [6.45, 7) is 0. The molecule has 1 aliphatic carbocycles. The molecule has 3 N–H and O–H groups in total. The Morgan fingerprint density at radius 2 is 2.21 bits per heavy atom. The van der Waals surface area contributed by atoms with Crippen molar-refractivity contribution in [2.24, 2.45) is 10.9 Å². The van der Waals surface area contributed by atoms with Crippen LogP contribution in [0.15, 0.2) is 29.9 Å². The van der Waals surface area contributed by atoms with E-state index in [0.717, 1.165) is 31.4 Å². The summed E-state index contributed by atoms with van der Waals surface area (Å²) >= 11 is 0. The Morgan fingerprint density at radius 3 is 2.95 bits per heavy atom. The molecule has 0 aromatic carbocycles. The number of rotatable bonds is 2. The smallest absolute Gasteiger partial charge is 0.173 e. The van der Waals surface area contributed by atoms with E-state index in [1.165, 1.54) is 5.56 Å². The number of hydrogen-bond acceptors (Lipinski definition) is 4. The van der Waals surface area contributed by atoms with Crippen LogP contribution in [0.5, 0.6) is 0 Å². The molecule has 0 fully saturated rings. The third-order valence-electron chi connectivity index (χ3n) is 3.41. The molecule has 2 heterocycles. The minimum absolute atomic E-state index is 0.0737. The van der Waals surface area contributed by atoms with Gasteiger partial charge in [-0.3, -0.25) is 4.57 Å². The Bertz CT molecular complexity index is 618. The summed E-state index contributed by atoms with van der Waals surface area (Å²) in [4.78, 5) is 8.69. The van der Waals surface area contributed by atoms with Crippen LogP contribution in [0.2, 0.25) is 0 Å². The summed E-state index contributed by atoms with van der Waals surface area (Å²) in [6, 6.07) is 1.98. The molecule has 6 heteroatoms. The third-order valence-corrected chi connectivity index (χ3v) is 3.41. The molecule has 2 aromatic rings. The number of imidazole rings is 1. The number of nitrogens with zero attached hydrogens (tertiary/aromatic N) is 4. The van der Waals surface area contributed by atoms with Crippen molar-refractivity contribution in [2.75, 3.05) is 0 Å². The lowest BCUT2D eigenvalue weighted by atomic mass is 9.94. The fraction of sp³-hybridized carbons (Fsp3) is 0.308. The maximum atomic E-state index is 8.92. The van der Waals surface area contributed by atoms with Gasteiger partial charge in [-0.05, 0) is 37.3 Å². The van der Waals surface area contributed by atoms with Crippen molar-refractivity contribution in [1.82, 2.24) is 14.5 Å². The summed E-state index contributed by atoms with van der Waals surface area (Å²) in [5, 5.41) is 12.0. The van der Waals surface area contributed by atoms with Gasteiger partial charge in [0.2, 0.25) is 0 Å². The number of aromatic nitrogens is 3. The highest BCUT2D eigenvalue weighted by atomic mass is 16.4. The van der Waals surface area contributed by atoms with E-state index in [4.69, 9.17) is 10.9 Å². The summed E-state index contributed by atoms with van der Waals surface area (Å²) in [7, 11) is 0. The monoisotopic (exact) mass is 257 g/mol. The molecule has 2 aromatic heterocycles. The van der Waals surface area contributed by atoms with Crippen molar-refractivity contribution in [3.05, 3.63) is 41.6 Å². The number of pyridine rings is 1. The lowest BCUT2D eigenvalue weighted by molar-refractivity contribution is 0.318. The number of aryl methyl sites for hydroxylation is 2. The Hall–Kier alpha value is -2.37. The molecule has 0 saturated carbocycles. The first-order valence-corrected chi connectivity index (χ1v) is 6.28. The van der Waals surface area contributed by atoms with Gasteiger partial charge >= 0.3 is 0 Å². The number of nitrogens with two attached hydrogens (primary N) is 1. The van der Waals surface area contributed by atoms with Gasteiger partial charge in [0, 0.05) is 18.1 Å². The Balaban J connectivity index is 2.20. The summed E-state index contributed by atoms with van der Waals surface area (Å²) in [6.07, 6.45) is 9.43. The summed E-state index contributed by atoms with van der Waals surface area (Å²) in [5.74, 6) is 0.734. The average molecular weight is 257 g/mol. The van der Waals surface area contributed by atoms with Crippen molar-refractivity contribution in [3.63, 3.8) is 0 Å². The largest absolute Gasteiger partial charge is 0.409 e.